The lowest BCUT2D eigenvalue weighted by Crippen LogP contribution is -2.22. The summed E-state index contributed by atoms with van der Waals surface area (Å²) in [4.78, 5) is 3.92. The van der Waals surface area contributed by atoms with Gasteiger partial charge in [0, 0.05) is 18.0 Å². The molecule has 0 spiro atoms. The van der Waals surface area contributed by atoms with Crippen molar-refractivity contribution in [1.29, 1.82) is 0 Å². The molecule has 1 rings (SSSR count). The van der Waals surface area contributed by atoms with E-state index in [2.05, 4.69) is 17.2 Å². The van der Waals surface area contributed by atoms with Crippen LogP contribution in [0.25, 0.3) is 0 Å². The van der Waals surface area contributed by atoms with Gasteiger partial charge >= 0.3 is 0 Å². The fraction of sp³-hybridized carbons (Fsp3) is 0.500. The van der Waals surface area contributed by atoms with Crippen LogP contribution in [0.15, 0.2) is 12.3 Å². The molecule has 0 aromatic carbocycles. The Bertz CT molecular complexity index is 322. The minimum absolute atomic E-state index is 0.239. The normalized spacial score (nSPS) is 12.5. The summed E-state index contributed by atoms with van der Waals surface area (Å²) in [5, 5.41) is 3.38. The van der Waals surface area contributed by atoms with E-state index in [1.807, 2.05) is 6.26 Å². The average molecular weight is 249 g/mol. The van der Waals surface area contributed by atoms with Crippen LogP contribution in [0.2, 0.25) is 5.02 Å². The van der Waals surface area contributed by atoms with Crippen molar-refractivity contribution >= 4 is 29.2 Å². The fourth-order valence-electron chi connectivity index (χ4n) is 1.18. The summed E-state index contributed by atoms with van der Waals surface area (Å²) < 4.78 is 13.4. The van der Waals surface area contributed by atoms with Gasteiger partial charge in [-0.25, -0.2) is 9.37 Å². The van der Waals surface area contributed by atoms with Crippen molar-refractivity contribution in [3.05, 3.63) is 23.1 Å². The monoisotopic (exact) mass is 248 g/mol. The molecule has 1 heterocycles. The molecule has 0 aliphatic heterocycles. The molecule has 0 bridgehead atoms. The molecular weight excluding hydrogens is 235 g/mol. The minimum Gasteiger partial charge on any atom is -0.364 e. The Labute approximate surface area is 98.6 Å². The fourth-order valence-corrected chi connectivity index (χ4v) is 2.04. The molecular formula is C10H14ClFN2S. The first-order chi connectivity index (χ1) is 7.17. The van der Waals surface area contributed by atoms with Gasteiger partial charge in [-0.15, -0.1) is 0 Å². The molecule has 0 amide bonds. The van der Waals surface area contributed by atoms with Gasteiger partial charge in [0.15, 0.2) is 11.6 Å². The second-order valence-corrected chi connectivity index (χ2v) is 4.54. The Hall–Kier alpha value is -0.480. The number of hydrogen-bond donors (Lipinski definition) is 1. The summed E-state index contributed by atoms with van der Waals surface area (Å²) >= 11 is 7.34. The van der Waals surface area contributed by atoms with Gasteiger partial charge in [0.2, 0.25) is 0 Å². The number of aromatic nitrogens is 1. The van der Waals surface area contributed by atoms with E-state index < -0.39 is 5.82 Å². The summed E-state index contributed by atoms with van der Waals surface area (Å²) in [6.45, 7) is 2.06. The van der Waals surface area contributed by atoms with Crippen LogP contribution >= 0.6 is 23.4 Å². The number of pyridine rings is 1. The van der Waals surface area contributed by atoms with Gasteiger partial charge in [-0.1, -0.05) is 18.5 Å². The van der Waals surface area contributed by atoms with Crippen molar-refractivity contribution in [2.24, 2.45) is 0 Å². The van der Waals surface area contributed by atoms with Crippen LogP contribution in [0, 0.1) is 5.82 Å². The van der Waals surface area contributed by atoms with Crippen molar-refractivity contribution in [2.45, 2.75) is 19.4 Å². The molecule has 0 saturated carbocycles. The number of rotatable bonds is 5. The van der Waals surface area contributed by atoms with E-state index in [0.29, 0.717) is 5.02 Å². The van der Waals surface area contributed by atoms with Crippen LogP contribution in [0.1, 0.15) is 13.3 Å². The molecule has 1 aromatic rings. The summed E-state index contributed by atoms with van der Waals surface area (Å²) in [5.41, 5.74) is 0. The van der Waals surface area contributed by atoms with Crippen LogP contribution in [0.5, 0.6) is 0 Å². The average Bonchev–Trinajstić information content (AvgIpc) is 2.21. The maximum atomic E-state index is 13.4. The topological polar surface area (TPSA) is 24.9 Å². The molecule has 1 aromatic heterocycles. The predicted molar refractivity (Wildman–Crippen MR) is 65.3 cm³/mol. The first kappa shape index (κ1) is 12.6. The molecule has 0 saturated heterocycles. The summed E-state index contributed by atoms with van der Waals surface area (Å²) in [5.74, 6) is 0.808. The quantitative estimate of drug-likeness (QED) is 0.864. The number of nitrogens with one attached hydrogen (secondary N) is 1. The van der Waals surface area contributed by atoms with E-state index in [1.165, 1.54) is 12.3 Å². The molecule has 2 nitrogen and oxygen atoms in total. The van der Waals surface area contributed by atoms with Gasteiger partial charge < -0.3 is 5.32 Å². The molecule has 0 aliphatic rings. The van der Waals surface area contributed by atoms with Crippen LogP contribution in [-0.2, 0) is 0 Å². The molecule has 84 valence electrons. The standard InChI is InChI=1S/C10H14ClFN2S/c1-3-8(6-15-2)14-10-9(12)4-7(11)5-13-10/h4-5,8H,3,6H2,1-2H3,(H,13,14). The minimum atomic E-state index is -0.401. The number of thioether (sulfide) groups is 1. The molecule has 1 unspecified atom stereocenters. The molecule has 0 aliphatic carbocycles. The van der Waals surface area contributed by atoms with E-state index in [0.717, 1.165) is 12.2 Å². The number of hydrogen-bond acceptors (Lipinski definition) is 3. The van der Waals surface area contributed by atoms with Crippen LogP contribution in [0.3, 0.4) is 0 Å². The zero-order chi connectivity index (χ0) is 11.3. The van der Waals surface area contributed by atoms with Gasteiger partial charge in [0.05, 0.1) is 5.02 Å². The highest BCUT2D eigenvalue weighted by molar-refractivity contribution is 7.98. The summed E-state index contributed by atoms with van der Waals surface area (Å²) in [7, 11) is 0. The highest BCUT2D eigenvalue weighted by atomic mass is 35.5. The van der Waals surface area contributed by atoms with Gasteiger partial charge in [0.25, 0.3) is 0 Å². The first-order valence-corrected chi connectivity index (χ1v) is 6.51. The van der Waals surface area contributed by atoms with Gasteiger partial charge in [0.1, 0.15) is 0 Å². The second kappa shape index (κ2) is 6.18. The Morgan fingerprint density at radius 2 is 2.40 bits per heavy atom. The van der Waals surface area contributed by atoms with Crippen molar-refractivity contribution in [2.75, 3.05) is 17.3 Å². The molecule has 1 N–H and O–H groups in total. The number of halogens is 2. The number of anilines is 1. The van der Waals surface area contributed by atoms with Crippen LogP contribution in [0.4, 0.5) is 10.2 Å². The van der Waals surface area contributed by atoms with Crippen LogP contribution < -0.4 is 5.32 Å². The third-order valence-electron chi connectivity index (χ3n) is 2.01. The zero-order valence-electron chi connectivity index (χ0n) is 8.76. The van der Waals surface area contributed by atoms with E-state index in [1.54, 1.807) is 11.8 Å². The third-order valence-corrected chi connectivity index (χ3v) is 2.95. The van der Waals surface area contributed by atoms with E-state index in [-0.39, 0.29) is 11.9 Å². The van der Waals surface area contributed by atoms with Crippen molar-refractivity contribution in [3.63, 3.8) is 0 Å². The van der Waals surface area contributed by atoms with E-state index in [9.17, 15) is 4.39 Å². The molecule has 0 fully saturated rings. The summed E-state index contributed by atoms with van der Waals surface area (Å²) in [6.07, 6.45) is 4.40. The third kappa shape index (κ3) is 3.87. The van der Waals surface area contributed by atoms with E-state index in [4.69, 9.17) is 11.6 Å². The molecule has 15 heavy (non-hydrogen) atoms. The Morgan fingerprint density at radius 1 is 1.67 bits per heavy atom. The first-order valence-electron chi connectivity index (χ1n) is 4.73. The lowest BCUT2D eigenvalue weighted by molar-refractivity contribution is 0.619. The molecule has 5 heteroatoms. The largest absolute Gasteiger partial charge is 0.364 e. The van der Waals surface area contributed by atoms with Gasteiger partial charge in [-0.2, -0.15) is 11.8 Å². The maximum Gasteiger partial charge on any atom is 0.166 e. The lowest BCUT2D eigenvalue weighted by atomic mass is 10.2. The van der Waals surface area contributed by atoms with E-state index >= 15 is 0 Å². The zero-order valence-corrected chi connectivity index (χ0v) is 10.3. The van der Waals surface area contributed by atoms with Gasteiger partial charge in [-0.3, -0.25) is 0 Å². The molecule has 0 radical (unpaired) electrons. The Balaban J connectivity index is 2.70. The van der Waals surface area contributed by atoms with Crippen molar-refractivity contribution < 1.29 is 4.39 Å². The SMILES string of the molecule is CCC(CSC)Nc1ncc(Cl)cc1F. The maximum absolute atomic E-state index is 13.4. The van der Waals surface area contributed by atoms with Crippen molar-refractivity contribution in [1.82, 2.24) is 4.98 Å². The highest BCUT2D eigenvalue weighted by Crippen LogP contribution is 2.17. The lowest BCUT2D eigenvalue weighted by Gasteiger charge is -2.16. The van der Waals surface area contributed by atoms with Crippen LogP contribution in [-0.4, -0.2) is 23.0 Å². The van der Waals surface area contributed by atoms with Crippen molar-refractivity contribution in [3.8, 4) is 0 Å². The Morgan fingerprint density at radius 3 is 2.93 bits per heavy atom. The van der Waals surface area contributed by atoms with Gasteiger partial charge in [-0.05, 0) is 18.7 Å². The highest BCUT2D eigenvalue weighted by Gasteiger charge is 2.10. The Kier molecular flexibility index (Phi) is 5.19. The predicted octanol–water partition coefficient (Wildman–Crippen LogP) is 3.43. The summed E-state index contributed by atoms with van der Waals surface area (Å²) in [6, 6.07) is 1.51. The second-order valence-electron chi connectivity index (χ2n) is 3.19. The molecule has 1 atom stereocenters. The smallest absolute Gasteiger partial charge is 0.166 e. The number of nitrogens with zero attached hydrogens (tertiary/aromatic N) is 1.